The van der Waals surface area contributed by atoms with Crippen molar-refractivity contribution in [3.05, 3.63) is 94.0 Å². The number of halogens is 1. The molecule has 0 unspecified atom stereocenters. The van der Waals surface area contributed by atoms with Crippen LogP contribution in [0, 0.1) is 0 Å². The highest BCUT2D eigenvalue weighted by atomic mass is 79.9. The van der Waals surface area contributed by atoms with Gasteiger partial charge in [0.15, 0.2) is 0 Å². The summed E-state index contributed by atoms with van der Waals surface area (Å²) in [5.74, 6) is -0.846. The summed E-state index contributed by atoms with van der Waals surface area (Å²) in [5, 5.41) is 10.0. The van der Waals surface area contributed by atoms with E-state index in [0.29, 0.717) is 10.0 Å². The zero-order chi connectivity index (χ0) is 28.6. The number of nitrogens with zero attached hydrogens (tertiary/aromatic N) is 3. The lowest BCUT2D eigenvalue weighted by Gasteiger charge is -2.29. The van der Waals surface area contributed by atoms with Crippen LogP contribution in [-0.4, -0.2) is 77.8 Å². The maximum absolute atomic E-state index is 14.2. The summed E-state index contributed by atoms with van der Waals surface area (Å²) < 4.78 is 35.5. The number of carboxylic acid groups (broad SMARTS) is 1. The fourth-order valence-electron chi connectivity index (χ4n) is 5.28. The molecule has 3 amide bonds. The standard InChI is InChI=1S/C28H26BrN3O7S/c1-39-24-12-11-19(29)13-25(24)40(37,38)32(15-18-7-3-2-4-8-18)21-14-20(30(17-21)28(35)36)16-31-26(33)22-9-5-6-10-23(22)27(31)34/h2-13,20-21H,14-17H2,1H3,(H,35,36)/t20-,21-/m1/s1. The van der Waals surface area contributed by atoms with Gasteiger partial charge in [0.05, 0.1) is 24.3 Å². The van der Waals surface area contributed by atoms with E-state index in [9.17, 15) is 27.9 Å². The summed E-state index contributed by atoms with van der Waals surface area (Å²) in [6.07, 6.45) is -1.18. The van der Waals surface area contributed by atoms with Crippen molar-refractivity contribution in [1.29, 1.82) is 0 Å². The highest BCUT2D eigenvalue weighted by molar-refractivity contribution is 9.10. The number of rotatable bonds is 8. The van der Waals surface area contributed by atoms with Gasteiger partial charge in [0, 0.05) is 30.1 Å². The predicted octanol–water partition coefficient (Wildman–Crippen LogP) is 4.07. The van der Waals surface area contributed by atoms with Crippen LogP contribution in [0.2, 0.25) is 0 Å². The Morgan fingerprint density at radius 3 is 2.25 bits per heavy atom. The third-order valence-electron chi connectivity index (χ3n) is 7.21. The Labute approximate surface area is 239 Å². The Balaban J connectivity index is 1.49. The molecule has 40 heavy (non-hydrogen) atoms. The quantitative estimate of drug-likeness (QED) is 0.373. The van der Waals surface area contributed by atoms with Gasteiger partial charge >= 0.3 is 6.09 Å². The average molecular weight is 629 g/mol. The van der Waals surface area contributed by atoms with Gasteiger partial charge in [-0.15, -0.1) is 0 Å². The van der Waals surface area contributed by atoms with Crippen LogP contribution in [0.3, 0.4) is 0 Å². The van der Waals surface area contributed by atoms with Crippen LogP contribution in [-0.2, 0) is 16.6 Å². The maximum Gasteiger partial charge on any atom is 0.407 e. The second-order valence-electron chi connectivity index (χ2n) is 9.58. The molecule has 2 heterocycles. The van der Waals surface area contributed by atoms with Crippen LogP contribution >= 0.6 is 15.9 Å². The molecule has 2 aliphatic heterocycles. The number of carbonyl (C=O) groups is 3. The van der Waals surface area contributed by atoms with Crippen molar-refractivity contribution in [3.63, 3.8) is 0 Å². The number of amides is 3. The van der Waals surface area contributed by atoms with Crippen LogP contribution < -0.4 is 4.74 Å². The Bertz CT molecular complexity index is 1550. The van der Waals surface area contributed by atoms with Gasteiger partial charge in [-0.25, -0.2) is 13.2 Å². The Morgan fingerprint density at radius 1 is 1.02 bits per heavy atom. The van der Waals surface area contributed by atoms with Crippen molar-refractivity contribution < 1.29 is 32.6 Å². The van der Waals surface area contributed by atoms with E-state index in [1.54, 1.807) is 60.7 Å². The molecule has 0 bridgehead atoms. The molecular weight excluding hydrogens is 602 g/mol. The van der Waals surface area contributed by atoms with Gasteiger partial charge in [0.25, 0.3) is 11.8 Å². The van der Waals surface area contributed by atoms with Gasteiger partial charge in [0.2, 0.25) is 10.0 Å². The van der Waals surface area contributed by atoms with Gasteiger partial charge in [-0.1, -0.05) is 58.4 Å². The van der Waals surface area contributed by atoms with Gasteiger partial charge in [-0.05, 0) is 42.3 Å². The van der Waals surface area contributed by atoms with Crippen molar-refractivity contribution in [2.75, 3.05) is 20.2 Å². The molecule has 208 valence electrons. The number of hydrogen-bond donors (Lipinski definition) is 1. The number of hydrogen-bond acceptors (Lipinski definition) is 6. The molecule has 2 aliphatic rings. The van der Waals surface area contributed by atoms with Gasteiger partial charge in [0.1, 0.15) is 10.6 Å². The predicted molar refractivity (Wildman–Crippen MR) is 149 cm³/mol. The molecule has 12 heteroatoms. The summed E-state index contributed by atoms with van der Waals surface area (Å²) in [7, 11) is -2.82. The number of benzene rings is 3. The topological polar surface area (TPSA) is 125 Å². The Kier molecular flexibility index (Phi) is 7.67. The zero-order valence-corrected chi connectivity index (χ0v) is 23.8. The maximum atomic E-state index is 14.2. The summed E-state index contributed by atoms with van der Waals surface area (Å²) in [6, 6.07) is 18.5. The Hall–Kier alpha value is -3.74. The van der Waals surface area contributed by atoms with Gasteiger partial charge < -0.3 is 14.7 Å². The monoisotopic (exact) mass is 627 g/mol. The number of carbonyl (C=O) groups excluding carboxylic acids is 2. The first-order valence-corrected chi connectivity index (χ1v) is 14.7. The van der Waals surface area contributed by atoms with E-state index in [4.69, 9.17) is 4.74 Å². The van der Waals surface area contributed by atoms with Crippen molar-refractivity contribution >= 4 is 43.9 Å². The summed E-state index contributed by atoms with van der Waals surface area (Å²) in [5.41, 5.74) is 1.24. The third-order valence-corrected chi connectivity index (χ3v) is 9.62. The molecule has 0 aliphatic carbocycles. The van der Waals surface area contributed by atoms with E-state index in [1.807, 2.05) is 6.07 Å². The lowest BCUT2D eigenvalue weighted by molar-refractivity contribution is 0.0603. The first-order valence-electron chi connectivity index (χ1n) is 12.5. The van der Waals surface area contributed by atoms with Crippen LogP contribution in [0.25, 0.3) is 0 Å². The minimum Gasteiger partial charge on any atom is -0.495 e. The highest BCUT2D eigenvalue weighted by Crippen LogP contribution is 2.35. The van der Waals surface area contributed by atoms with Crippen molar-refractivity contribution in [2.24, 2.45) is 0 Å². The molecule has 0 aromatic heterocycles. The van der Waals surface area contributed by atoms with E-state index in [0.717, 1.165) is 9.80 Å². The fourth-order valence-corrected chi connectivity index (χ4v) is 7.59. The molecule has 1 fully saturated rings. The molecule has 3 aromatic carbocycles. The van der Waals surface area contributed by atoms with E-state index < -0.39 is 40.0 Å². The van der Waals surface area contributed by atoms with Crippen LogP contribution in [0.5, 0.6) is 5.75 Å². The lowest BCUT2D eigenvalue weighted by Crippen LogP contribution is -2.45. The van der Waals surface area contributed by atoms with E-state index >= 15 is 0 Å². The second-order valence-corrected chi connectivity index (χ2v) is 12.4. The number of methoxy groups -OCH3 is 1. The number of fused-ring (bicyclic) bond motifs is 1. The number of likely N-dealkylation sites (tertiary alicyclic amines) is 1. The second kappa shape index (κ2) is 11.0. The molecule has 0 radical (unpaired) electrons. The largest absolute Gasteiger partial charge is 0.495 e. The van der Waals surface area contributed by atoms with E-state index in [1.165, 1.54) is 17.5 Å². The SMILES string of the molecule is COc1ccc(Br)cc1S(=O)(=O)N(Cc1ccccc1)[C@@H]1C[C@H](CN2C(=O)c3ccccc3C2=O)N(C(=O)O)C1. The lowest BCUT2D eigenvalue weighted by atomic mass is 10.1. The summed E-state index contributed by atoms with van der Waals surface area (Å²) in [4.78, 5) is 40.4. The molecule has 5 rings (SSSR count). The average Bonchev–Trinajstić information content (AvgIpc) is 3.47. The molecule has 3 aromatic rings. The minimum absolute atomic E-state index is 0.0172. The fraction of sp³-hybridized carbons (Fsp3) is 0.250. The Morgan fingerprint density at radius 2 is 1.65 bits per heavy atom. The van der Waals surface area contributed by atoms with E-state index in [-0.39, 0.29) is 47.8 Å². The molecule has 1 saturated heterocycles. The first-order chi connectivity index (χ1) is 19.1. The van der Waals surface area contributed by atoms with Crippen molar-refractivity contribution in [1.82, 2.24) is 14.1 Å². The molecule has 0 spiro atoms. The number of ether oxygens (including phenoxy) is 1. The minimum atomic E-state index is -4.20. The summed E-state index contributed by atoms with van der Waals surface area (Å²) in [6.45, 7) is -0.336. The molecule has 2 atom stereocenters. The van der Waals surface area contributed by atoms with Crippen molar-refractivity contribution in [3.8, 4) is 5.75 Å². The van der Waals surface area contributed by atoms with Crippen LogP contribution in [0.15, 0.2) is 82.2 Å². The zero-order valence-electron chi connectivity index (χ0n) is 21.4. The molecule has 1 N–H and O–H groups in total. The van der Waals surface area contributed by atoms with E-state index in [2.05, 4.69) is 15.9 Å². The number of imide groups is 1. The van der Waals surface area contributed by atoms with Crippen LogP contribution in [0.1, 0.15) is 32.7 Å². The first kappa shape index (κ1) is 27.8. The molecule has 10 nitrogen and oxygen atoms in total. The van der Waals surface area contributed by atoms with Crippen molar-refractivity contribution in [2.45, 2.75) is 29.9 Å². The summed E-state index contributed by atoms with van der Waals surface area (Å²) >= 11 is 3.33. The third kappa shape index (κ3) is 5.09. The normalized spacial score (nSPS) is 18.9. The highest BCUT2D eigenvalue weighted by Gasteiger charge is 2.46. The van der Waals surface area contributed by atoms with Gasteiger partial charge in [-0.2, -0.15) is 4.31 Å². The number of sulfonamides is 1. The molecular formula is C28H26BrN3O7S. The smallest absolute Gasteiger partial charge is 0.407 e. The van der Waals surface area contributed by atoms with Gasteiger partial charge in [-0.3, -0.25) is 14.5 Å². The van der Waals surface area contributed by atoms with Crippen LogP contribution in [0.4, 0.5) is 4.79 Å². The molecule has 0 saturated carbocycles.